The van der Waals surface area contributed by atoms with Gasteiger partial charge in [-0.15, -0.1) is 0 Å². The Labute approximate surface area is 117 Å². The van der Waals surface area contributed by atoms with Gasteiger partial charge in [0.1, 0.15) is 0 Å². The second-order valence-corrected chi connectivity index (χ2v) is 6.02. The van der Waals surface area contributed by atoms with E-state index in [2.05, 4.69) is 23.5 Å². The molecular formula is C16H29N3. The fraction of sp³-hybridized carbons (Fsp3) is 0.812. The molecule has 3 heteroatoms. The van der Waals surface area contributed by atoms with Crippen LogP contribution in [0.3, 0.4) is 0 Å². The summed E-state index contributed by atoms with van der Waals surface area (Å²) in [6.07, 6.45) is 14.9. The second kappa shape index (κ2) is 7.68. The highest BCUT2D eigenvalue weighted by atomic mass is 15.2. The minimum atomic E-state index is 0.749. The highest BCUT2D eigenvalue weighted by Gasteiger charge is 2.23. The van der Waals surface area contributed by atoms with Crippen LogP contribution in [-0.4, -0.2) is 22.4 Å². The highest BCUT2D eigenvalue weighted by Crippen LogP contribution is 2.29. The van der Waals surface area contributed by atoms with Crippen molar-refractivity contribution >= 4 is 0 Å². The van der Waals surface area contributed by atoms with Gasteiger partial charge in [0.2, 0.25) is 0 Å². The Balaban J connectivity index is 1.75. The van der Waals surface area contributed by atoms with Crippen LogP contribution in [-0.2, 0) is 13.5 Å². The SMILES string of the molecule is CCCNC(CCCc1cnn(C)c1)C1CCCC1. The van der Waals surface area contributed by atoms with Crippen LogP contribution in [0.2, 0.25) is 0 Å². The first kappa shape index (κ1) is 14.6. The molecule has 0 bridgehead atoms. The summed E-state index contributed by atoms with van der Waals surface area (Å²) in [7, 11) is 1.99. The fourth-order valence-electron chi connectivity index (χ4n) is 3.32. The smallest absolute Gasteiger partial charge is 0.0521 e. The maximum atomic E-state index is 4.24. The monoisotopic (exact) mass is 263 g/mol. The summed E-state index contributed by atoms with van der Waals surface area (Å²) >= 11 is 0. The standard InChI is InChI=1S/C16H29N3/c1-3-11-17-16(15-8-4-5-9-15)10-6-7-14-12-18-19(2)13-14/h12-13,15-17H,3-11H2,1-2H3. The van der Waals surface area contributed by atoms with Crippen LogP contribution in [0.1, 0.15) is 57.4 Å². The van der Waals surface area contributed by atoms with Crippen LogP contribution < -0.4 is 5.32 Å². The molecule has 0 amide bonds. The molecule has 19 heavy (non-hydrogen) atoms. The number of nitrogens with one attached hydrogen (secondary N) is 1. The van der Waals surface area contributed by atoms with Crippen molar-refractivity contribution in [3.8, 4) is 0 Å². The molecule has 1 aromatic heterocycles. The van der Waals surface area contributed by atoms with Crippen LogP contribution in [0.25, 0.3) is 0 Å². The van der Waals surface area contributed by atoms with Gasteiger partial charge in [-0.1, -0.05) is 19.8 Å². The molecule has 0 aromatic carbocycles. The summed E-state index contributed by atoms with van der Waals surface area (Å²) < 4.78 is 1.90. The molecule has 1 unspecified atom stereocenters. The van der Waals surface area contributed by atoms with E-state index in [1.165, 1.54) is 63.5 Å². The average molecular weight is 263 g/mol. The Bertz CT molecular complexity index is 353. The molecule has 2 rings (SSSR count). The maximum Gasteiger partial charge on any atom is 0.0521 e. The molecule has 1 heterocycles. The zero-order valence-electron chi connectivity index (χ0n) is 12.6. The lowest BCUT2D eigenvalue weighted by atomic mass is 9.93. The molecule has 1 aliphatic rings. The van der Waals surface area contributed by atoms with E-state index < -0.39 is 0 Å². The molecule has 1 N–H and O–H groups in total. The average Bonchev–Trinajstić information content (AvgIpc) is 3.05. The van der Waals surface area contributed by atoms with Crippen LogP contribution in [0.5, 0.6) is 0 Å². The van der Waals surface area contributed by atoms with E-state index in [0.29, 0.717) is 0 Å². The Kier molecular flexibility index (Phi) is 5.90. The lowest BCUT2D eigenvalue weighted by Gasteiger charge is -2.24. The first-order valence-electron chi connectivity index (χ1n) is 8.00. The molecule has 108 valence electrons. The van der Waals surface area contributed by atoms with Crippen LogP contribution >= 0.6 is 0 Å². The fourth-order valence-corrected chi connectivity index (χ4v) is 3.32. The van der Waals surface area contributed by atoms with Crippen molar-refractivity contribution in [1.29, 1.82) is 0 Å². The van der Waals surface area contributed by atoms with E-state index in [1.54, 1.807) is 0 Å². The number of aromatic nitrogens is 2. The third-order valence-electron chi connectivity index (χ3n) is 4.36. The third-order valence-corrected chi connectivity index (χ3v) is 4.36. The zero-order valence-corrected chi connectivity index (χ0v) is 12.6. The molecular weight excluding hydrogens is 234 g/mol. The molecule has 0 aliphatic heterocycles. The van der Waals surface area contributed by atoms with Crippen molar-refractivity contribution < 1.29 is 0 Å². The number of hydrogen-bond acceptors (Lipinski definition) is 2. The van der Waals surface area contributed by atoms with Gasteiger partial charge >= 0.3 is 0 Å². The molecule has 0 saturated heterocycles. The Morgan fingerprint density at radius 2 is 2.21 bits per heavy atom. The van der Waals surface area contributed by atoms with Gasteiger partial charge in [0.15, 0.2) is 0 Å². The summed E-state index contributed by atoms with van der Waals surface area (Å²) in [5.41, 5.74) is 1.38. The van der Waals surface area contributed by atoms with E-state index in [4.69, 9.17) is 0 Å². The molecule has 1 aliphatic carbocycles. The zero-order chi connectivity index (χ0) is 13.5. The summed E-state index contributed by atoms with van der Waals surface area (Å²) in [5, 5.41) is 8.02. The van der Waals surface area contributed by atoms with Gasteiger partial charge in [-0.05, 0) is 56.6 Å². The van der Waals surface area contributed by atoms with Crippen molar-refractivity contribution in [3.63, 3.8) is 0 Å². The number of hydrogen-bond donors (Lipinski definition) is 1. The Morgan fingerprint density at radius 1 is 1.42 bits per heavy atom. The molecule has 0 radical (unpaired) electrons. The Hall–Kier alpha value is -0.830. The first-order valence-corrected chi connectivity index (χ1v) is 8.00. The predicted octanol–water partition coefficient (Wildman–Crippen LogP) is 3.30. The maximum absolute atomic E-state index is 4.24. The quantitative estimate of drug-likeness (QED) is 0.780. The van der Waals surface area contributed by atoms with Crippen LogP contribution in [0, 0.1) is 5.92 Å². The third kappa shape index (κ3) is 4.64. The van der Waals surface area contributed by atoms with Crippen molar-refractivity contribution in [2.45, 2.75) is 64.3 Å². The van der Waals surface area contributed by atoms with Crippen molar-refractivity contribution in [2.75, 3.05) is 6.54 Å². The number of nitrogens with zero attached hydrogens (tertiary/aromatic N) is 2. The van der Waals surface area contributed by atoms with Gasteiger partial charge in [-0.25, -0.2) is 0 Å². The lowest BCUT2D eigenvalue weighted by molar-refractivity contribution is 0.334. The number of rotatable bonds is 8. The summed E-state index contributed by atoms with van der Waals surface area (Å²) in [6.45, 7) is 3.43. The van der Waals surface area contributed by atoms with Crippen molar-refractivity contribution in [3.05, 3.63) is 18.0 Å². The lowest BCUT2D eigenvalue weighted by Crippen LogP contribution is -2.35. The van der Waals surface area contributed by atoms with Gasteiger partial charge in [-0.3, -0.25) is 4.68 Å². The van der Waals surface area contributed by atoms with E-state index >= 15 is 0 Å². The minimum Gasteiger partial charge on any atom is -0.314 e. The summed E-state index contributed by atoms with van der Waals surface area (Å²) in [4.78, 5) is 0. The van der Waals surface area contributed by atoms with E-state index in [1.807, 2.05) is 17.9 Å². The summed E-state index contributed by atoms with van der Waals surface area (Å²) in [6, 6.07) is 0.749. The van der Waals surface area contributed by atoms with Gasteiger partial charge in [0, 0.05) is 19.3 Å². The molecule has 0 spiro atoms. The molecule has 1 saturated carbocycles. The predicted molar refractivity (Wildman–Crippen MR) is 80.2 cm³/mol. The summed E-state index contributed by atoms with van der Waals surface area (Å²) in [5.74, 6) is 0.931. The number of aryl methyl sites for hydroxylation is 2. The normalized spacial score (nSPS) is 18.0. The molecule has 1 aromatic rings. The Morgan fingerprint density at radius 3 is 2.84 bits per heavy atom. The van der Waals surface area contributed by atoms with E-state index in [9.17, 15) is 0 Å². The van der Waals surface area contributed by atoms with Crippen molar-refractivity contribution in [2.24, 2.45) is 13.0 Å². The van der Waals surface area contributed by atoms with Crippen LogP contribution in [0.4, 0.5) is 0 Å². The minimum absolute atomic E-state index is 0.749. The van der Waals surface area contributed by atoms with Crippen LogP contribution in [0.15, 0.2) is 12.4 Å². The molecule has 3 nitrogen and oxygen atoms in total. The van der Waals surface area contributed by atoms with Gasteiger partial charge < -0.3 is 5.32 Å². The van der Waals surface area contributed by atoms with Gasteiger partial charge in [0.05, 0.1) is 6.20 Å². The van der Waals surface area contributed by atoms with Crippen molar-refractivity contribution in [1.82, 2.24) is 15.1 Å². The first-order chi connectivity index (χ1) is 9.29. The van der Waals surface area contributed by atoms with Gasteiger partial charge in [0.25, 0.3) is 0 Å². The van der Waals surface area contributed by atoms with Gasteiger partial charge in [-0.2, -0.15) is 5.10 Å². The molecule has 1 fully saturated rings. The molecule has 1 atom stereocenters. The van der Waals surface area contributed by atoms with E-state index in [-0.39, 0.29) is 0 Å². The van der Waals surface area contributed by atoms with E-state index in [0.717, 1.165) is 12.0 Å². The topological polar surface area (TPSA) is 29.9 Å². The largest absolute Gasteiger partial charge is 0.314 e. The highest BCUT2D eigenvalue weighted by molar-refractivity contribution is 5.03. The second-order valence-electron chi connectivity index (χ2n) is 6.02.